The Kier molecular flexibility index (Phi) is 5.76. The van der Waals surface area contributed by atoms with Crippen LogP contribution in [0, 0.1) is 0 Å². The number of rotatable bonds is 6. The van der Waals surface area contributed by atoms with Gasteiger partial charge in [-0.15, -0.1) is 11.3 Å². The van der Waals surface area contributed by atoms with Gasteiger partial charge in [-0.1, -0.05) is 26.2 Å². The summed E-state index contributed by atoms with van der Waals surface area (Å²) in [6.45, 7) is 4.14. The van der Waals surface area contributed by atoms with E-state index in [1.165, 1.54) is 24.1 Å². The van der Waals surface area contributed by atoms with Crippen molar-refractivity contribution in [2.75, 3.05) is 7.05 Å². The van der Waals surface area contributed by atoms with Gasteiger partial charge in [0, 0.05) is 23.0 Å². The second kappa shape index (κ2) is 7.36. The van der Waals surface area contributed by atoms with E-state index in [2.05, 4.69) is 22.5 Å². The minimum Gasteiger partial charge on any atom is -0.347 e. The number of amides is 1. The molecule has 1 heterocycles. The van der Waals surface area contributed by atoms with E-state index in [4.69, 9.17) is 0 Å². The molecule has 1 aliphatic carbocycles. The maximum absolute atomic E-state index is 12.4. The molecule has 0 radical (unpaired) electrons. The van der Waals surface area contributed by atoms with Crippen molar-refractivity contribution in [2.45, 2.75) is 70.4 Å². The van der Waals surface area contributed by atoms with E-state index < -0.39 is 0 Å². The fourth-order valence-corrected chi connectivity index (χ4v) is 3.95. The summed E-state index contributed by atoms with van der Waals surface area (Å²) in [6, 6.07) is 0.000275. The Balaban J connectivity index is 1.91. The fourth-order valence-electron chi connectivity index (χ4n) is 3.09. The number of carbonyl (C=O) groups excluding carboxylic acids is 1. The smallest absolute Gasteiger partial charge is 0.222 e. The molecule has 21 heavy (non-hydrogen) atoms. The van der Waals surface area contributed by atoms with Crippen molar-refractivity contribution in [3.63, 3.8) is 0 Å². The molecule has 0 bridgehead atoms. The molecule has 4 nitrogen and oxygen atoms in total. The lowest BCUT2D eigenvalue weighted by Crippen LogP contribution is -2.48. The minimum absolute atomic E-state index is 0.000275. The number of nitrogens with zero attached hydrogens (tertiary/aromatic N) is 1. The van der Waals surface area contributed by atoms with Gasteiger partial charge in [-0.3, -0.25) is 4.79 Å². The standard InChI is InChI=1S/C16H27N3OS/c1-4-13-11-18-15(21-13)12(2)19-14(20)10-16(17-3)8-6-5-7-9-16/h11-12,17H,4-10H2,1-3H3,(H,19,20). The molecule has 1 aromatic heterocycles. The fraction of sp³-hybridized carbons (Fsp3) is 0.750. The van der Waals surface area contributed by atoms with Crippen LogP contribution in [0.5, 0.6) is 0 Å². The monoisotopic (exact) mass is 309 g/mol. The van der Waals surface area contributed by atoms with Crippen molar-refractivity contribution < 1.29 is 4.79 Å². The zero-order valence-corrected chi connectivity index (χ0v) is 14.2. The van der Waals surface area contributed by atoms with Crippen molar-refractivity contribution in [3.05, 3.63) is 16.1 Å². The van der Waals surface area contributed by atoms with Crippen LogP contribution < -0.4 is 10.6 Å². The molecule has 5 heteroatoms. The lowest BCUT2D eigenvalue weighted by Gasteiger charge is -2.36. The summed E-state index contributed by atoms with van der Waals surface area (Å²) in [5.74, 6) is 0.131. The number of hydrogen-bond donors (Lipinski definition) is 2. The SMILES string of the molecule is CCc1cnc(C(C)NC(=O)CC2(NC)CCCCC2)s1. The molecule has 0 spiro atoms. The Labute approximate surface area is 131 Å². The predicted octanol–water partition coefficient (Wildman–Crippen LogP) is 3.20. The number of carbonyl (C=O) groups is 1. The van der Waals surface area contributed by atoms with Crippen molar-refractivity contribution in [1.82, 2.24) is 15.6 Å². The summed E-state index contributed by atoms with van der Waals surface area (Å²) < 4.78 is 0. The Morgan fingerprint density at radius 1 is 1.43 bits per heavy atom. The summed E-state index contributed by atoms with van der Waals surface area (Å²) in [4.78, 5) is 18.0. The van der Waals surface area contributed by atoms with Gasteiger partial charge in [-0.05, 0) is 33.2 Å². The van der Waals surface area contributed by atoms with Crippen LogP contribution in [0.2, 0.25) is 0 Å². The lowest BCUT2D eigenvalue weighted by molar-refractivity contribution is -0.123. The van der Waals surface area contributed by atoms with Crippen LogP contribution in [-0.4, -0.2) is 23.5 Å². The highest BCUT2D eigenvalue weighted by Gasteiger charge is 2.33. The maximum Gasteiger partial charge on any atom is 0.222 e. The topological polar surface area (TPSA) is 54.0 Å². The van der Waals surface area contributed by atoms with Gasteiger partial charge in [-0.25, -0.2) is 4.98 Å². The normalized spacial score (nSPS) is 19.2. The third-order valence-electron chi connectivity index (χ3n) is 4.51. The van der Waals surface area contributed by atoms with Crippen molar-refractivity contribution in [2.24, 2.45) is 0 Å². The van der Waals surface area contributed by atoms with Crippen molar-refractivity contribution >= 4 is 17.2 Å². The number of hydrogen-bond acceptors (Lipinski definition) is 4. The first-order valence-corrected chi connectivity index (χ1v) is 8.83. The zero-order valence-electron chi connectivity index (χ0n) is 13.4. The summed E-state index contributed by atoms with van der Waals surface area (Å²) in [5.41, 5.74) is -0.000486. The summed E-state index contributed by atoms with van der Waals surface area (Å²) >= 11 is 1.69. The van der Waals surface area contributed by atoms with E-state index in [1.807, 2.05) is 20.2 Å². The highest BCUT2D eigenvalue weighted by atomic mass is 32.1. The van der Waals surface area contributed by atoms with Gasteiger partial charge in [0.1, 0.15) is 5.01 Å². The van der Waals surface area contributed by atoms with Crippen molar-refractivity contribution in [1.29, 1.82) is 0 Å². The molecule has 1 fully saturated rings. The second-order valence-electron chi connectivity index (χ2n) is 6.08. The lowest BCUT2D eigenvalue weighted by atomic mass is 9.79. The molecule has 118 valence electrons. The molecule has 1 unspecified atom stereocenters. The van der Waals surface area contributed by atoms with Gasteiger partial charge in [0.25, 0.3) is 0 Å². The average molecular weight is 309 g/mol. The van der Waals surface area contributed by atoms with Gasteiger partial charge in [0.15, 0.2) is 0 Å². The number of aryl methyl sites for hydroxylation is 1. The quantitative estimate of drug-likeness (QED) is 0.848. The highest BCUT2D eigenvalue weighted by Crippen LogP contribution is 2.31. The van der Waals surface area contributed by atoms with Gasteiger partial charge >= 0.3 is 0 Å². The molecule has 1 atom stereocenters. The van der Waals surface area contributed by atoms with Crippen LogP contribution in [-0.2, 0) is 11.2 Å². The molecule has 1 amide bonds. The summed E-state index contributed by atoms with van der Waals surface area (Å²) in [7, 11) is 1.98. The Morgan fingerprint density at radius 2 is 2.14 bits per heavy atom. The Hall–Kier alpha value is -0.940. The molecule has 0 aliphatic heterocycles. The number of aromatic nitrogens is 1. The third-order valence-corrected chi connectivity index (χ3v) is 5.83. The first-order valence-electron chi connectivity index (χ1n) is 8.01. The number of nitrogens with one attached hydrogen (secondary N) is 2. The summed E-state index contributed by atoms with van der Waals surface area (Å²) in [5, 5.41) is 7.51. The molecule has 2 rings (SSSR count). The maximum atomic E-state index is 12.4. The number of thiazole rings is 1. The molecule has 1 saturated carbocycles. The van der Waals surface area contributed by atoms with Gasteiger partial charge in [-0.2, -0.15) is 0 Å². The van der Waals surface area contributed by atoms with Gasteiger partial charge < -0.3 is 10.6 Å². The van der Waals surface area contributed by atoms with E-state index in [0.29, 0.717) is 6.42 Å². The molecule has 1 aliphatic rings. The van der Waals surface area contributed by atoms with Crippen LogP contribution in [0.15, 0.2) is 6.20 Å². The van der Waals surface area contributed by atoms with Gasteiger partial charge in [0.2, 0.25) is 5.91 Å². The third kappa shape index (κ3) is 4.27. The first-order chi connectivity index (χ1) is 10.1. The molecular weight excluding hydrogens is 282 g/mol. The van der Waals surface area contributed by atoms with Crippen LogP contribution in [0.3, 0.4) is 0 Å². The van der Waals surface area contributed by atoms with Crippen LogP contribution in [0.1, 0.15) is 68.3 Å². The van der Waals surface area contributed by atoms with Crippen LogP contribution >= 0.6 is 11.3 Å². The predicted molar refractivity (Wildman–Crippen MR) is 87.5 cm³/mol. The van der Waals surface area contributed by atoms with E-state index in [9.17, 15) is 4.79 Å². The van der Waals surface area contributed by atoms with Gasteiger partial charge in [0.05, 0.1) is 6.04 Å². The summed E-state index contributed by atoms with van der Waals surface area (Å²) in [6.07, 6.45) is 9.41. The molecule has 2 N–H and O–H groups in total. The van der Waals surface area contributed by atoms with E-state index in [1.54, 1.807) is 11.3 Å². The average Bonchev–Trinajstić information content (AvgIpc) is 2.97. The highest BCUT2D eigenvalue weighted by molar-refractivity contribution is 7.11. The zero-order chi connectivity index (χ0) is 15.3. The molecule has 0 aromatic carbocycles. The minimum atomic E-state index is -0.000486. The first kappa shape index (κ1) is 16.4. The Morgan fingerprint density at radius 3 is 2.71 bits per heavy atom. The van der Waals surface area contributed by atoms with Crippen molar-refractivity contribution in [3.8, 4) is 0 Å². The second-order valence-corrected chi connectivity index (χ2v) is 7.22. The molecular formula is C16H27N3OS. The van der Waals surface area contributed by atoms with Crippen LogP contribution in [0.4, 0.5) is 0 Å². The Bertz CT molecular complexity index is 466. The van der Waals surface area contributed by atoms with E-state index >= 15 is 0 Å². The largest absolute Gasteiger partial charge is 0.347 e. The van der Waals surface area contributed by atoms with E-state index in [-0.39, 0.29) is 17.5 Å². The molecule has 0 saturated heterocycles. The van der Waals surface area contributed by atoms with Crippen LogP contribution in [0.25, 0.3) is 0 Å². The molecule has 1 aromatic rings. The van der Waals surface area contributed by atoms with E-state index in [0.717, 1.165) is 24.3 Å².